The molecule has 0 aliphatic carbocycles. The number of sulfone groups is 1. The summed E-state index contributed by atoms with van der Waals surface area (Å²) in [6, 6.07) is 14.4. The molecule has 0 radical (unpaired) electrons. The average molecular weight is 312 g/mol. The first-order valence-electron chi connectivity index (χ1n) is 6.97. The molecule has 2 aromatic rings. The van der Waals surface area contributed by atoms with Gasteiger partial charge in [-0.05, 0) is 29.3 Å². The summed E-state index contributed by atoms with van der Waals surface area (Å²) in [6.45, 7) is 0.188. The summed E-state index contributed by atoms with van der Waals surface area (Å²) in [7, 11) is -3.58. The molecule has 4 nitrogen and oxygen atoms in total. The van der Waals surface area contributed by atoms with Gasteiger partial charge in [0, 0.05) is 19.2 Å². The van der Waals surface area contributed by atoms with E-state index in [1.165, 1.54) is 0 Å². The number of hydrogen-bond donors (Lipinski definition) is 1. The van der Waals surface area contributed by atoms with Crippen molar-refractivity contribution in [3.63, 3.8) is 0 Å². The molecule has 2 N–H and O–H groups in total. The van der Waals surface area contributed by atoms with E-state index >= 15 is 0 Å². The summed E-state index contributed by atoms with van der Waals surface area (Å²) in [5, 5.41) is 0. The third-order valence-electron chi connectivity index (χ3n) is 3.66. The highest BCUT2D eigenvalue weighted by molar-refractivity contribution is 7.95. The van der Waals surface area contributed by atoms with Crippen molar-refractivity contribution in [1.29, 1.82) is 0 Å². The first-order valence-corrected chi connectivity index (χ1v) is 8.45. The van der Waals surface area contributed by atoms with Gasteiger partial charge in [-0.15, -0.1) is 0 Å². The monoisotopic (exact) mass is 312 g/mol. The van der Waals surface area contributed by atoms with Crippen LogP contribution >= 0.6 is 0 Å². The van der Waals surface area contributed by atoms with Crippen LogP contribution in [0.4, 0.5) is 5.69 Å². The fraction of sp³-hybridized carbons (Fsp3) is 0.118. The minimum absolute atomic E-state index is 0.188. The number of rotatable bonds is 3. The van der Waals surface area contributed by atoms with Crippen molar-refractivity contribution in [3.05, 3.63) is 70.6 Å². The zero-order valence-corrected chi connectivity index (χ0v) is 12.8. The summed E-state index contributed by atoms with van der Waals surface area (Å²) in [4.78, 5) is 4.91. The number of aliphatic imine (C=N–C) groups is 1. The Kier molecular flexibility index (Phi) is 3.92. The summed E-state index contributed by atoms with van der Waals surface area (Å²) in [5.41, 5.74) is 8.00. The van der Waals surface area contributed by atoms with Gasteiger partial charge in [-0.25, -0.2) is 8.42 Å². The Hall–Kier alpha value is -2.24. The molecule has 0 amide bonds. The van der Waals surface area contributed by atoms with Gasteiger partial charge in [-0.1, -0.05) is 36.4 Å². The predicted molar refractivity (Wildman–Crippen MR) is 87.9 cm³/mol. The van der Waals surface area contributed by atoms with Gasteiger partial charge in [0.25, 0.3) is 0 Å². The molecule has 1 aliphatic rings. The zero-order valence-electron chi connectivity index (χ0n) is 11.9. The molecule has 1 heterocycles. The van der Waals surface area contributed by atoms with Crippen LogP contribution in [0.5, 0.6) is 0 Å². The van der Waals surface area contributed by atoms with E-state index in [4.69, 9.17) is 5.73 Å². The van der Waals surface area contributed by atoms with Crippen LogP contribution < -0.4 is 5.73 Å². The fourth-order valence-electron chi connectivity index (χ4n) is 2.49. The van der Waals surface area contributed by atoms with Gasteiger partial charge < -0.3 is 5.73 Å². The van der Waals surface area contributed by atoms with Crippen molar-refractivity contribution < 1.29 is 8.42 Å². The maximum atomic E-state index is 12.9. The van der Waals surface area contributed by atoms with Crippen molar-refractivity contribution in [2.45, 2.75) is 17.9 Å². The molecule has 22 heavy (non-hydrogen) atoms. The predicted octanol–water partition coefficient (Wildman–Crippen LogP) is 2.76. The topological polar surface area (TPSA) is 72.5 Å². The van der Waals surface area contributed by atoms with E-state index in [1.54, 1.807) is 36.6 Å². The van der Waals surface area contributed by atoms with Crippen molar-refractivity contribution in [3.8, 4) is 0 Å². The summed E-state index contributed by atoms with van der Waals surface area (Å²) < 4.78 is 25.9. The molecule has 0 bridgehead atoms. The Morgan fingerprint density at radius 2 is 1.77 bits per heavy atom. The lowest BCUT2D eigenvalue weighted by molar-refractivity contribution is 0.600. The molecule has 2 aromatic carbocycles. The molecule has 0 saturated carbocycles. The third kappa shape index (κ3) is 2.61. The van der Waals surface area contributed by atoms with E-state index in [2.05, 4.69) is 4.99 Å². The summed E-state index contributed by atoms with van der Waals surface area (Å²) in [6.07, 6.45) is 3.45. The van der Waals surface area contributed by atoms with Crippen LogP contribution in [0.1, 0.15) is 11.1 Å². The first-order chi connectivity index (χ1) is 10.6. The van der Waals surface area contributed by atoms with Crippen molar-refractivity contribution in [2.75, 3.05) is 0 Å². The maximum absolute atomic E-state index is 12.9. The van der Waals surface area contributed by atoms with E-state index in [-0.39, 0.29) is 11.4 Å². The van der Waals surface area contributed by atoms with E-state index in [0.29, 0.717) is 16.9 Å². The SMILES string of the molecule is NCc1ccccc1S(=O)(=O)C1=CC=Nc2ccccc2C1. The van der Waals surface area contributed by atoms with E-state index in [9.17, 15) is 8.42 Å². The van der Waals surface area contributed by atoms with Crippen LogP contribution in [0, 0.1) is 0 Å². The number of allylic oxidation sites excluding steroid dienone is 2. The highest BCUT2D eigenvalue weighted by atomic mass is 32.2. The van der Waals surface area contributed by atoms with Crippen LogP contribution in [0.3, 0.4) is 0 Å². The lowest BCUT2D eigenvalue weighted by Gasteiger charge is -2.12. The van der Waals surface area contributed by atoms with Crippen LogP contribution in [0.25, 0.3) is 0 Å². The van der Waals surface area contributed by atoms with E-state index in [0.717, 1.165) is 11.3 Å². The highest BCUT2D eigenvalue weighted by Crippen LogP contribution is 2.30. The Bertz CT molecular complexity index is 868. The molecule has 0 unspecified atom stereocenters. The Morgan fingerprint density at radius 3 is 2.59 bits per heavy atom. The van der Waals surface area contributed by atoms with E-state index in [1.807, 2.05) is 24.3 Å². The second-order valence-electron chi connectivity index (χ2n) is 5.03. The standard InChI is InChI=1S/C17H16N2O2S/c18-12-14-6-2-4-8-17(14)22(20,21)15-9-10-19-16-7-3-1-5-13(16)11-15/h1-10H,11-12,18H2. The molecule has 0 saturated heterocycles. The van der Waals surface area contributed by atoms with Gasteiger partial charge in [0.2, 0.25) is 9.84 Å². The Labute approximate surface area is 129 Å². The van der Waals surface area contributed by atoms with Gasteiger partial charge in [-0.2, -0.15) is 0 Å². The smallest absolute Gasteiger partial charge is 0.203 e. The number of hydrogen-bond acceptors (Lipinski definition) is 4. The molecular formula is C17H16N2O2S. The molecule has 0 fully saturated rings. The number of para-hydroxylation sites is 1. The maximum Gasteiger partial charge on any atom is 0.203 e. The van der Waals surface area contributed by atoms with E-state index < -0.39 is 9.84 Å². The average Bonchev–Trinajstić information content (AvgIpc) is 2.77. The van der Waals surface area contributed by atoms with Crippen molar-refractivity contribution >= 4 is 21.7 Å². The van der Waals surface area contributed by atoms with Crippen molar-refractivity contribution in [1.82, 2.24) is 0 Å². The fourth-order valence-corrected chi connectivity index (χ4v) is 4.12. The number of nitrogens with two attached hydrogens (primary N) is 1. The van der Waals surface area contributed by atoms with Crippen molar-refractivity contribution in [2.24, 2.45) is 10.7 Å². The summed E-state index contributed by atoms with van der Waals surface area (Å²) in [5.74, 6) is 0. The van der Waals surface area contributed by atoms with Gasteiger partial charge in [0.15, 0.2) is 0 Å². The molecule has 112 valence electrons. The molecule has 3 rings (SSSR count). The molecule has 1 aliphatic heterocycles. The van der Waals surface area contributed by atoms with Gasteiger partial charge >= 0.3 is 0 Å². The van der Waals surface area contributed by atoms with Crippen LogP contribution in [-0.2, 0) is 22.8 Å². The van der Waals surface area contributed by atoms with Gasteiger partial charge in [-0.3, -0.25) is 4.99 Å². The van der Waals surface area contributed by atoms with Crippen LogP contribution in [-0.4, -0.2) is 14.6 Å². The zero-order chi connectivity index (χ0) is 15.6. The normalized spacial score (nSPS) is 14.1. The van der Waals surface area contributed by atoms with Gasteiger partial charge in [0.1, 0.15) is 0 Å². The highest BCUT2D eigenvalue weighted by Gasteiger charge is 2.24. The number of nitrogens with zero attached hydrogens (tertiary/aromatic N) is 1. The summed E-state index contributed by atoms with van der Waals surface area (Å²) >= 11 is 0. The number of benzene rings is 2. The second-order valence-corrected chi connectivity index (χ2v) is 7.00. The number of fused-ring (bicyclic) bond motifs is 1. The quantitative estimate of drug-likeness (QED) is 0.947. The lowest BCUT2D eigenvalue weighted by Crippen LogP contribution is -2.12. The Morgan fingerprint density at radius 1 is 1.05 bits per heavy atom. The lowest BCUT2D eigenvalue weighted by atomic mass is 10.1. The van der Waals surface area contributed by atoms with Crippen LogP contribution in [0.2, 0.25) is 0 Å². The first kappa shape index (κ1) is 14.7. The second kappa shape index (κ2) is 5.87. The molecule has 0 spiro atoms. The third-order valence-corrected chi connectivity index (χ3v) is 5.61. The Balaban J connectivity index is 2.08. The van der Waals surface area contributed by atoms with Crippen LogP contribution in [0.15, 0.2) is 69.4 Å². The largest absolute Gasteiger partial charge is 0.326 e. The molecular weight excluding hydrogens is 296 g/mol. The minimum Gasteiger partial charge on any atom is -0.326 e. The minimum atomic E-state index is -3.58. The molecule has 0 aromatic heterocycles. The van der Waals surface area contributed by atoms with Gasteiger partial charge in [0.05, 0.1) is 15.5 Å². The molecule has 0 atom stereocenters. The molecule has 5 heteroatoms.